The topological polar surface area (TPSA) is 358 Å². The number of methoxy groups -OCH3 is 8. The van der Waals surface area contributed by atoms with E-state index >= 15 is 0 Å². The zero-order chi connectivity index (χ0) is 58.0. The van der Waals surface area contributed by atoms with Gasteiger partial charge in [-0.2, -0.15) is 0 Å². The van der Waals surface area contributed by atoms with Crippen LogP contribution in [0, 0.1) is 0 Å². The monoisotopic (exact) mass is 1250 g/mol. The minimum atomic E-state index is -6.12. The quantitative estimate of drug-likeness (QED) is 0.0522. The first kappa shape index (κ1) is 88.5. The predicted molar refractivity (Wildman–Crippen MR) is 292 cm³/mol. The molecule has 0 bridgehead atoms. The molecule has 8 rings (SSSR count). The Labute approximate surface area is 482 Å². The van der Waals surface area contributed by atoms with E-state index in [-0.39, 0.29) is 28.2 Å². The molecule has 0 aromatic heterocycles. The minimum absolute atomic E-state index is 0. The van der Waals surface area contributed by atoms with Gasteiger partial charge in [-0.15, -0.1) is 0 Å². The third kappa shape index (κ3) is 49.2. The molecule has 0 radical (unpaired) electrons. The van der Waals surface area contributed by atoms with Crippen molar-refractivity contribution in [2.45, 2.75) is 0 Å². The zero-order valence-electron chi connectivity index (χ0n) is 47.7. The number of quaternary nitrogens is 8. The molecule has 27 heteroatoms. The van der Waals surface area contributed by atoms with Gasteiger partial charge in [-0.25, -0.2) is 0 Å². The molecule has 0 fully saturated rings. The molecule has 83 heavy (non-hydrogen) atoms. The average Bonchev–Trinajstić information content (AvgIpc) is 3.43. The van der Waals surface area contributed by atoms with Crippen molar-refractivity contribution in [1.82, 2.24) is 0 Å². The fourth-order valence-corrected chi connectivity index (χ4v) is 5.00. The smallest absolute Gasteiger partial charge is 1.00 e. The Morgan fingerprint density at radius 3 is 0.349 bits per heavy atom. The number of halogens is 7. The molecular weight excluding hydrogens is 1170 g/mol. The number of hydrogen-bond donors (Lipinski definition) is 8. The van der Waals surface area contributed by atoms with Crippen LogP contribution in [0.3, 0.4) is 0 Å². The summed E-state index contributed by atoms with van der Waals surface area (Å²) in [7, 11) is 13.2. The van der Waals surface area contributed by atoms with Crippen molar-refractivity contribution >= 4 is 60.1 Å². The van der Waals surface area contributed by atoms with Gasteiger partial charge in [0.25, 0.3) is 0 Å². The molecule has 0 heterocycles. The summed E-state index contributed by atoms with van der Waals surface area (Å²) in [5.74, 6) is 7.02. The van der Waals surface area contributed by atoms with Gasteiger partial charge < -0.3 is 112 Å². The van der Waals surface area contributed by atoms with Crippen LogP contribution in [0.4, 0.5) is 49.0 Å². The van der Waals surface area contributed by atoms with Crippen LogP contribution >= 0.6 is 0 Å². The van der Waals surface area contributed by atoms with Gasteiger partial charge in [-0.05, 0) is 97.1 Å². The van der Waals surface area contributed by atoms with Crippen LogP contribution in [0.2, 0.25) is 0 Å². The van der Waals surface area contributed by atoms with Gasteiger partial charge >= 0.3 is 30.0 Å². The molecule has 0 unspecified atom stereocenters. The van der Waals surface area contributed by atoms with E-state index in [9.17, 15) is 3.47 Å². The van der Waals surface area contributed by atoms with Crippen LogP contribution in [0.15, 0.2) is 194 Å². The normalized spacial score (nSPS) is 8.61. The van der Waals surface area contributed by atoms with E-state index in [0.717, 1.165) is 91.5 Å². The number of benzene rings is 8. The van der Waals surface area contributed by atoms with Crippen molar-refractivity contribution in [2.75, 3.05) is 56.9 Å². The molecule has 24 N–H and O–H groups in total. The fourth-order valence-electron chi connectivity index (χ4n) is 5.00. The molecule has 0 saturated heterocycles. The second kappa shape index (κ2) is 53.0. The van der Waals surface area contributed by atoms with E-state index in [2.05, 4.69) is 45.9 Å². The summed E-state index contributed by atoms with van der Waals surface area (Å²) in [5.41, 5.74) is 38.0. The first-order valence-electron chi connectivity index (χ1n) is 23.0. The third-order valence-corrected chi connectivity index (χ3v) is 9.27. The first-order chi connectivity index (χ1) is 36.6. The summed E-state index contributed by atoms with van der Waals surface area (Å²) in [6, 6.07) is 60.9. The van der Waals surface area contributed by atoms with E-state index < -0.39 is 14.6 Å². The number of ether oxygens (including phenoxy) is 8. The largest absolute Gasteiger partial charge is 1.00 e. The van der Waals surface area contributed by atoms with Crippen molar-refractivity contribution in [3.05, 3.63) is 194 Å². The maximum absolute atomic E-state index is 10.2. The van der Waals surface area contributed by atoms with Gasteiger partial charge in [0.15, 0.2) is 0 Å². The Morgan fingerprint density at radius 1 is 0.241 bits per heavy atom. The zero-order valence-corrected chi connectivity index (χ0v) is 49.6. The molecule has 464 valence electrons. The molecule has 8 aromatic carbocycles. The van der Waals surface area contributed by atoms with Gasteiger partial charge in [0.05, 0.1) is 56.9 Å². The van der Waals surface area contributed by atoms with Crippen LogP contribution < -0.4 is 120 Å². The molecule has 0 spiro atoms. The summed E-state index contributed by atoms with van der Waals surface area (Å²) in [4.78, 5) is 0. The van der Waals surface area contributed by atoms with Gasteiger partial charge in [-0.3, -0.25) is 0 Å². The molecule has 19 nitrogen and oxygen atoms in total. The molecule has 8 aromatic rings. The molecule has 0 atom stereocenters. The fraction of sp³-hybridized carbons (Fsp3) is 0.143. The van der Waals surface area contributed by atoms with Gasteiger partial charge in [0.1, 0.15) is 91.5 Å². The van der Waals surface area contributed by atoms with E-state index in [1.807, 2.05) is 194 Å². The maximum atomic E-state index is 10.2. The molecular formula is C56H80AsF7N8O11. The Bertz CT molecular complexity index is 2200. The summed E-state index contributed by atoms with van der Waals surface area (Å²) < 4.78 is 75.2. The van der Waals surface area contributed by atoms with Crippen LogP contribution in [0.1, 0.15) is 0 Å². The Kier molecular flexibility index (Phi) is 56.5. The number of hydrogen-bond acceptors (Lipinski definition) is 11. The maximum Gasteiger partial charge on any atom is -1.00 e. The third-order valence-electron chi connectivity index (χ3n) is 9.27. The predicted octanol–water partition coefficient (Wildman–Crippen LogP) is -15.9. The van der Waals surface area contributed by atoms with Gasteiger partial charge in [0, 0.05) is 97.1 Å². The first-order valence-corrected chi connectivity index (χ1v) is 26.0. The number of rotatable bonds is 8. The Hall–Kier alpha value is -8.37. The molecule has 0 aliphatic carbocycles. The molecule has 0 aliphatic rings. The minimum Gasteiger partial charge on any atom is -1.00 e. The summed E-state index contributed by atoms with van der Waals surface area (Å²) in [6.07, 6.45) is 0. The van der Waals surface area contributed by atoms with Gasteiger partial charge in [-0.1, -0.05) is 0 Å². The molecule has 0 saturated carbocycles. The van der Waals surface area contributed by atoms with E-state index in [1.165, 1.54) is 0 Å². The Morgan fingerprint density at radius 2 is 0.301 bits per heavy atom. The van der Waals surface area contributed by atoms with Crippen molar-refractivity contribution in [2.24, 2.45) is 0 Å². The summed E-state index contributed by atoms with van der Waals surface area (Å²) in [6.45, 7) is 0. The van der Waals surface area contributed by atoms with Crippen molar-refractivity contribution in [3.63, 3.8) is 0 Å². The van der Waals surface area contributed by atoms with Crippen LogP contribution in [0.5, 0.6) is 46.0 Å². The van der Waals surface area contributed by atoms with Crippen molar-refractivity contribution in [3.8, 4) is 46.0 Å². The van der Waals surface area contributed by atoms with E-state index in [0.29, 0.717) is 0 Å². The average molecular weight is 1250 g/mol. The molecule has 0 amide bonds. The van der Waals surface area contributed by atoms with Gasteiger partial charge in [0.2, 0.25) is 0 Å². The SMILES string of the molecule is COc1ccc([NH3+])cc1.COc1ccc([NH3+])cc1.COc1ccc([NH3+])cc1.COc1ccc([NH3+])cc1.COc1ccc([NH3+])cc1.COc1ccc([NH3+])cc1.COc1ccc([NH3+])cc1.COc1ccc([NH3+])cc1.O=[As]([O-])([O-])F.[F-].[F-].[F-].[F-].[F-].[F-]. The van der Waals surface area contributed by atoms with E-state index in [1.54, 1.807) is 56.9 Å². The van der Waals surface area contributed by atoms with Crippen molar-refractivity contribution < 1.29 is 127 Å². The van der Waals surface area contributed by atoms with Crippen LogP contribution in [-0.2, 0) is 3.74 Å². The standard InChI is InChI=1S/8C7H9NO.AsFH2O3.6FH/c8*1-9-7-4-2-6(8)3-5-7;2-1(3,4)5;;;;;;/h8*2-5H,8H2,1H3;(H2,3,4,5);6*1H. The van der Waals surface area contributed by atoms with Crippen molar-refractivity contribution in [1.29, 1.82) is 0 Å². The van der Waals surface area contributed by atoms with Crippen LogP contribution in [0.25, 0.3) is 0 Å². The second-order valence-corrected chi connectivity index (χ2v) is 17.0. The summed E-state index contributed by atoms with van der Waals surface area (Å²) in [5, 5.41) is 0. The Balaban J connectivity index is -0.000000156. The second-order valence-electron chi connectivity index (χ2n) is 15.2. The van der Waals surface area contributed by atoms with E-state index in [4.69, 9.17) is 49.8 Å². The molecule has 0 aliphatic heterocycles. The van der Waals surface area contributed by atoms with Crippen LogP contribution in [-0.4, -0.2) is 71.5 Å². The summed E-state index contributed by atoms with van der Waals surface area (Å²) >= 11 is -6.12.